The summed E-state index contributed by atoms with van der Waals surface area (Å²) in [5.74, 6) is -23.1. The fraction of sp³-hybridized carbons (Fsp3) is 0.778. The van der Waals surface area contributed by atoms with Gasteiger partial charge in [0.25, 0.3) is 0 Å². The SMILES string of the molecule is CCC(=O)CC(=O)C(F)(F)C(F)(F)C(F)(F)C(F)F. The molecule has 0 aliphatic rings. The number of hydrogen-bond donors (Lipinski definition) is 0. The van der Waals surface area contributed by atoms with E-state index in [1.54, 1.807) is 0 Å². The summed E-state index contributed by atoms with van der Waals surface area (Å²) in [5.41, 5.74) is 0. The Morgan fingerprint density at radius 1 is 1.00 bits per heavy atom. The van der Waals surface area contributed by atoms with Crippen molar-refractivity contribution in [2.75, 3.05) is 0 Å². The largest absolute Gasteiger partial charge is 0.385 e. The van der Waals surface area contributed by atoms with Gasteiger partial charge in [0.15, 0.2) is 0 Å². The molecule has 112 valence electrons. The van der Waals surface area contributed by atoms with Crippen molar-refractivity contribution in [3.63, 3.8) is 0 Å². The summed E-state index contributed by atoms with van der Waals surface area (Å²) in [6.07, 6.45) is -7.31. The number of ketones is 2. The molecule has 0 aliphatic heterocycles. The summed E-state index contributed by atoms with van der Waals surface area (Å²) in [4.78, 5) is 21.4. The zero-order chi connectivity index (χ0) is 15.6. The van der Waals surface area contributed by atoms with Gasteiger partial charge >= 0.3 is 24.2 Å². The topological polar surface area (TPSA) is 34.1 Å². The standard InChI is InChI=1S/C9H8F8O2/c1-2-4(18)3-5(19)7(12,13)9(16,17)8(14,15)6(10)11/h6H,2-3H2,1H3. The van der Waals surface area contributed by atoms with E-state index in [0.29, 0.717) is 0 Å². The summed E-state index contributed by atoms with van der Waals surface area (Å²) in [5, 5.41) is 0. The summed E-state index contributed by atoms with van der Waals surface area (Å²) in [6, 6.07) is 0. The van der Waals surface area contributed by atoms with Crippen LogP contribution in [0.2, 0.25) is 0 Å². The first-order chi connectivity index (χ1) is 8.32. The maximum Gasteiger partial charge on any atom is 0.385 e. The van der Waals surface area contributed by atoms with Crippen LogP contribution in [-0.2, 0) is 9.59 Å². The Balaban J connectivity index is 5.39. The smallest absolute Gasteiger partial charge is 0.299 e. The first-order valence-corrected chi connectivity index (χ1v) is 4.79. The van der Waals surface area contributed by atoms with Crippen LogP contribution in [0.15, 0.2) is 0 Å². The van der Waals surface area contributed by atoms with E-state index in [9.17, 15) is 44.7 Å². The van der Waals surface area contributed by atoms with Crippen LogP contribution in [0, 0.1) is 0 Å². The van der Waals surface area contributed by atoms with Gasteiger partial charge in [0.1, 0.15) is 5.78 Å². The van der Waals surface area contributed by atoms with Crippen molar-refractivity contribution in [2.24, 2.45) is 0 Å². The molecule has 0 amide bonds. The third kappa shape index (κ3) is 3.03. The van der Waals surface area contributed by atoms with E-state index in [-0.39, 0.29) is 0 Å². The average molecular weight is 300 g/mol. The maximum absolute atomic E-state index is 12.9. The second-order valence-electron chi connectivity index (χ2n) is 3.56. The number of halogens is 8. The Bertz CT molecular complexity index is 363. The average Bonchev–Trinajstić information content (AvgIpc) is 2.27. The van der Waals surface area contributed by atoms with Crippen molar-refractivity contribution < 1.29 is 44.7 Å². The molecule has 0 aliphatic carbocycles. The van der Waals surface area contributed by atoms with Gasteiger partial charge in [-0.25, -0.2) is 8.78 Å². The Hall–Kier alpha value is -1.22. The lowest BCUT2D eigenvalue weighted by molar-refractivity contribution is -0.327. The minimum absolute atomic E-state index is 0.474. The van der Waals surface area contributed by atoms with E-state index in [0.717, 1.165) is 6.92 Å². The van der Waals surface area contributed by atoms with Crippen molar-refractivity contribution in [2.45, 2.75) is 44.0 Å². The predicted octanol–water partition coefficient (Wildman–Crippen LogP) is 3.10. The molecule has 19 heavy (non-hydrogen) atoms. The molecule has 0 bridgehead atoms. The molecule has 0 spiro atoms. The van der Waals surface area contributed by atoms with Crippen molar-refractivity contribution in [1.29, 1.82) is 0 Å². The first-order valence-electron chi connectivity index (χ1n) is 4.79. The van der Waals surface area contributed by atoms with E-state index < -0.39 is 48.6 Å². The molecule has 0 atom stereocenters. The first kappa shape index (κ1) is 17.8. The summed E-state index contributed by atoms with van der Waals surface area (Å²) in [6.45, 7) is 1.11. The highest BCUT2D eigenvalue weighted by atomic mass is 19.4. The van der Waals surface area contributed by atoms with Crippen molar-refractivity contribution >= 4 is 11.6 Å². The third-order valence-corrected chi connectivity index (χ3v) is 2.19. The fourth-order valence-corrected chi connectivity index (χ4v) is 0.937. The van der Waals surface area contributed by atoms with Crippen LogP contribution in [0.4, 0.5) is 35.1 Å². The molecule has 0 aromatic heterocycles. The van der Waals surface area contributed by atoms with Crippen molar-refractivity contribution in [3.05, 3.63) is 0 Å². The van der Waals surface area contributed by atoms with E-state index in [1.807, 2.05) is 0 Å². The van der Waals surface area contributed by atoms with Gasteiger partial charge in [-0.2, -0.15) is 26.3 Å². The molecule has 0 unspecified atom stereocenters. The van der Waals surface area contributed by atoms with Gasteiger partial charge in [0.2, 0.25) is 5.78 Å². The monoisotopic (exact) mass is 300 g/mol. The van der Waals surface area contributed by atoms with Gasteiger partial charge in [-0.05, 0) is 0 Å². The van der Waals surface area contributed by atoms with Gasteiger partial charge in [-0.1, -0.05) is 6.92 Å². The lowest BCUT2D eigenvalue weighted by Gasteiger charge is -2.31. The van der Waals surface area contributed by atoms with Crippen LogP contribution < -0.4 is 0 Å². The van der Waals surface area contributed by atoms with Crippen molar-refractivity contribution in [1.82, 2.24) is 0 Å². The van der Waals surface area contributed by atoms with Crippen LogP contribution in [0.1, 0.15) is 19.8 Å². The van der Waals surface area contributed by atoms with Gasteiger partial charge in [0, 0.05) is 6.42 Å². The van der Waals surface area contributed by atoms with Gasteiger partial charge in [0.05, 0.1) is 6.42 Å². The predicted molar refractivity (Wildman–Crippen MR) is 45.8 cm³/mol. The molecular formula is C9H8F8O2. The highest BCUT2D eigenvalue weighted by Gasteiger charge is 2.77. The molecule has 0 radical (unpaired) electrons. The van der Waals surface area contributed by atoms with Crippen molar-refractivity contribution in [3.8, 4) is 0 Å². The highest BCUT2D eigenvalue weighted by Crippen LogP contribution is 2.49. The van der Waals surface area contributed by atoms with E-state index in [4.69, 9.17) is 0 Å². The minimum atomic E-state index is -6.60. The molecular weight excluding hydrogens is 292 g/mol. The zero-order valence-corrected chi connectivity index (χ0v) is 9.33. The number of carbonyl (C=O) groups excluding carboxylic acids is 2. The Morgan fingerprint density at radius 3 is 1.74 bits per heavy atom. The summed E-state index contributed by atoms with van der Waals surface area (Å²) < 4.78 is 99.4. The molecule has 2 nitrogen and oxygen atoms in total. The Kier molecular flexibility index (Phi) is 5.07. The van der Waals surface area contributed by atoms with Crippen LogP contribution in [0.25, 0.3) is 0 Å². The molecule has 0 N–H and O–H groups in total. The summed E-state index contributed by atoms with van der Waals surface area (Å²) in [7, 11) is 0. The van der Waals surface area contributed by atoms with Gasteiger partial charge in [-0.15, -0.1) is 0 Å². The van der Waals surface area contributed by atoms with Crippen LogP contribution in [-0.4, -0.2) is 35.8 Å². The van der Waals surface area contributed by atoms with Crippen LogP contribution >= 0.6 is 0 Å². The van der Waals surface area contributed by atoms with E-state index >= 15 is 0 Å². The number of alkyl halides is 8. The van der Waals surface area contributed by atoms with Gasteiger partial charge < -0.3 is 0 Å². The van der Waals surface area contributed by atoms with Gasteiger partial charge in [-0.3, -0.25) is 9.59 Å². The molecule has 0 saturated heterocycles. The molecule has 0 aromatic rings. The van der Waals surface area contributed by atoms with E-state index in [2.05, 4.69) is 0 Å². The second-order valence-corrected chi connectivity index (χ2v) is 3.56. The highest BCUT2D eigenvalue weighted by molar-refractivity contribution is 6.02. The number of Topliss-reactive ketones (excluding diaryl/α,β-unsaturated/α-hetero) is 2. The molecule has 0 aromatic carbocycles. The fourth-order valence-electron chi connectivity index (χ4n) is 0.937. The Morgan fingerprint density at radius 2 is 1.42 bits per heavy atom. The lowest BCUT2D eigenvalue weighted by atomic mass is 9.97. The van der Waals surface area contributed by atoms with E-state index in [1.165, 1.54) is 0 Å². The lowest BCUT2D eigenvalue weighted by Crippen LogP contribution is -2.60. The molecule has 0 rings (SSSR count). The molecule has 0 fully saturated rings. The number of hydrogen-bond acceptors (Lipinski definition) is 2. The zero-order valence-electron chi connectivity index (χ0n) is 9.33. The second kappa shape index (κ2) is 5.41. The normalized spacial score (nSPS) is 13.8. The number of carbonyl (C=O) groups is 2. The van der Waals surface area contributed by atoms with Crippen LogP contribution in [0.3, 0.4) is 0 Å². The number of rotatable bonds is 7. The quantitative estimate of drug-likeness (QED) is 0.535. The summed E-state index contributed by atoms with van der Waals surface area (Å²) >= 11 is 0. The molecule has 0 saturated carbocycles. The molecule has 0 heterocycles. The maximum atomic E-state index is 12.9. The Labute approximate surface area is 101 Å². The third-order valence-electron chi connectivity index (χ3n) is 2.19. The molecule has 10 heteroatoms. The van der Waals surface area contributed by atoms with Crippen LogP contribution in [0.5, 0.6) is 0 Å². The minimum Gasteiger partial charge on any atom is -0.299 e.